The van der Waals surface area contributed by atoms with Crippen LogP contribution in [0.2, 0.25) is 0 Å². The molecule has 0 radical (unpaired) electrons. The van der Waals surface area contributed by atoms with E-state index in [-0.39, 0.29) is 0 Å². The first-order valence-corrected chi connectivity index (χ1v) is 7.69. The van der Waals surface area contributed by atoms with Crippen molar-refractivity contribution in [1.29, 1.82) is 0 Å². The summed E-state index contributed by atoms with van der Waals surface area (Å²) in [4.78, 5) is 0. The minimum absolute atomic E-state index is 0.469. The molecule has 0 aromatic rings. The lowest BCUT2D eigenvalue weighted by Crippen LogP contribution is -2.21. The van der Waals surface area contributed by atoms with Crippen molar-refractivity contribution in [3.63, 3.8) is 0 Å². The van der Waals surface area contributed by atoms with E-state index in [9.17, 15) is 0 Å². The zero-order chi connectivity index (χ0) is 13.4. The van der Waals surface area contributed by atoms with Gasteiger partial charge in [-0.05, 0) is 56.1 Å². The van der Waals surface area contributed by atoms with Crippen LogP contribution in [0.15, 0.2) is 30.0 Å². The second kappa shape index (κ2) is 4.74. The van der Waals surface area contributed by atoms with Gasteiger partial charge in [0.1, 0.15) is 0 Å². The van der Waals surface area contributed by atoms with Crippen molar-refractivity contribution < 1.29 is 0 Å². The Morgan fingerprint density at radius 1 is 1.50 bits per heavy atom. The van der Waals surface area contributed by atoms with Crippen molar-refractivity contribution in [3.05, 3.63) is 30.0 Å². The zero-order valence-corrected chi connectivity index (χ0v) is 12.6. The summed E-state index contributed by atoms with van der Waals surface area (Å²) in [5.41, 5.74) is 6.22. The normalized spacial score (nSPS) is 38.9. The Labute approximate surface area is 113 Å². The lowest BCUT2D eigenvalue weighted by Gasteiger charge is -2.27. The highest BCUT2D eigenvalue weighted by molar-refractivity contribution is 5.49. The summed E-state index contributed by atoms with van der Waals surface area (Å²) in [7, 11) is 0. The molecule has 0 aliphatic heterocycles. The van der Waals surface area contributed by atoms with E-state index < -0.39 is 0 Å². The van der Waals surface area contributed by atoms with E-state index in [1.807, 2.05) is 0 Å². The van der Waals surface area contributed by atoms with Crippen LogP contribution in [0.1, 0.15) is 59.8 Å². The second-order valence-corrected chi connectivity index (χ2v) is 6.21. The standard InChI is InChI=1S/C18H28/c1-6-10-16-17(9-4)13-11-15(14(5)8-3)18(16,17)12-7-2/h6,8,14-15H,3,7,9,11-13H2,1-2,4-5H3. The van der Waals surface area contributed by atoms with Gasteiger partial charge in [-0.2, -0.15) is 0 Å². The van der Waals surface area contributed by atoms with Gasteiger partial charge in [-0.25, -0.2) is 0 Å². The van der Waals surface area contributed by atoms with Crippen LogP contribution in [-0.4, -0.2) is 0 Å². The first kappa shape index (κ1) is 13.7. The fraction of sp³-hybridized carbons (Fsp3) is 0.722. The van der Waals surface area contributed by atoms with Crippen LogP contribution in [0.4, 0.5) is 0 Å². The van der Waals surface area contributed by atoms with Crippen molar-refractivity contribution in [2.45, 2.75) is 59.8 Å². The van der Waals surface area contributed by atoms with Crippen LogP contribution in [-0.2, 0) is 0 Å². The number of rotatable bonds is 5. The van der Waals surface area contributed by atoms with Crippen molar-refractivity contribution in [2.75, 3.05) is 0 Å². The highest BCUT2D eigenvalue weighted by Gasteiger charge is 2.76. The van der Waals surface area contributed by atoms with Gasteiger partial charge in [0.05, 0.1) is 0 Å². The molecule has 0 aromatic heterocycles. The fourth-order valence-corrected chi connectivity index (χ4v) is 5.03. The average Bonchev–Trinajstić information content (AvgIpc) is 2.77. The average molecular weight is 244 g/mol. The Hall–Kier alpha value is -0.740. The monoisotopic (exact) mass is 244 g/mol. The van der Waals surface area contributed by atoms with Gasteiger partial charge < -0.3 is 0 Å². The summed E-state index contributed by atoms with van der Waals surface area (Å²) in [6, 6.07) is 0. The first-order valence-electron chi connectivity index (χ1n) is 7.69. The molecule has 0 nitrogen and oxygen atoms in total. The number of fused-ring (bicyclic) bond motifs is 1. The SMILES string of the molecule is C=CC(C)C1CCC2(CC)C(=C=CC)C12CCC. The third-order valence-corrected chi connectivity index (χ3v) is 5.77. The second-order valence-electron chi connectivity index (χ2n) is 6.21. The largest absolute Gasteiger partial charge is 0.125 e. The summed E-state index contributed by atoms with van der Waals surface area (Å²) >= 11 is 0. The molecule has 0 heterocycles. The molecule has 2 fully saturated rings. The molecule has 0 amide bonds. The van der Waals surface area contributed by atoms with Crippen molar-refractivity contribution >= 4 is 0 Å². The molecule has 0 saturated heterocycles. The topological polar surface area (TPSA) is 0 Å². The minimum Gasteiger partial charge on any atom is -0.125 e. The van der Waals surface area contributed by atoms with E-state index in [1.54, 1.807) is 5.57 Å². The predicted octanol–water partition coefficient (Wildman–Crippen LogP) is 5.52. The molecule has 0 N–H and O–H groups in total. The quantitative estimate of drug-likeness (QED) is 0.441. The molecule has 0 spiro atoms. The predicted molar refractivity (Wildman–Crippen MR) is 79.4 cm³/mol. The van der Waals surface area contributed by atoms with E-state index in [2.05, 4.69) is 52.2 Å². The molecule has 0 aromatic carbocycles. The smallest absolute Gasteiger partial charge is 0.0127 e. The van der Waals surface area contributed by atoms with Crippen LogP contribution in [0, 0.1) is 22.7 Å². The molecule has 100 valence electrons. The van der Waals surface area contributed by atoms with E-state index in [0.717, 1.165) is 5.92 Å². The third-order valence-electron chi connectivity index (χ3n) is 5.77. The van der Waals surface area contributed by atoms with Crippen LogP contribution in [0.3, 0.4) is 0 Å². The molecule has 0 heteroatoms. The van der Waals surface area contributed by atoms with Gasteiger partial charge in [0.25, 0.3) is 0 Å². The Morgan fingerprint density at radius 2 is 2.22 bits per heavy atom. The lowest BCUT2D eigenvalue weighted by molar-refractivity contribution is 0.235. The molecule has 0 bridgehead atoms. The van der Waals surface area contributed by atoms with E-state index >= 15 is 0 Å². The third kappa shape index (κ3) is 1.45. The maximum absolute atomic E-state index is 4.03. The Morgan fingerprint density at radius 3 is 2.72 bits per heavy atom. The summed E-state index contributed by atoms with van der Waals surface area (Å²) in [5, 5.41) is 0. The Kier molecular flexibility index (Phi) is 3.60. The molecule has 18 heavy (non-hydrogen) atoms. The molecule has 2 rings (SSSR count). The molecule has 4 atom stereocenters. The lowest BCUT2D eigenvalue weighted by atomic mass is 9.76. The van der Waals surface area contributed by atoms with Gasteiger partial charge >= 0.3 is 0 Å². The zero-order valence-electron chi connectivity index (χ0n) is 12.6. The minimum atomic E-state index is 0.469. The molecule has 2 saturated carbocycles. The maximum atomic E-state index is 4.03. The highest BCUT2D eigenvalue weighted by Crippen LogP contribution is 2.83. The summed E-state index contributed by atoms with van der Waals surface area (Å²) < 4.78 is 0. The van der Waals surface area contributed by atoms with E-state index in [4.69, 9.17) is 0 Å². The molecular formula is C18H28. The number of hydrogen-bond donors (Lipinski definition) is 0. The summed E-state index contributed by atoms with van der Waals surface area (Å²) in [6.07, 6.45) is 11.0. The Balaban J connectivity index is 2.46. The van der Waals surface area contributed by atoms with Gasteiger partial charge in [-0.15, -0.1) is 12.3 Å². The number of allylic oxidation sites excluding steroid dienone is 2. The van der Waals surface area contributed by atoms with Crippen LogP contribution < -0.4 is 0 Å². The molecular weight excluding hydrogens is 216 g/mol. The fourth-order valence-electron chi connectivity index (χ4n) is 5.03. The van der Waals surface area contributed by atoms with Gasteiger partial charge in [0, 0.05) is 10.8 Å². The summed E-state index contributed by atoms with van der Waals surface area (Å²) in [6.45, 7) is 13.2. The molecule has 2 aliphatic rings. The summed E-state index contributed by atoms with van der Waals surface area (Å²) in [5.74, 6) is 1.44. The molecule has 4 unspecified atom stereocenters. The van der Waals surface area contributed by atoms with Gasteiger partial charge in [0.2, 0.25) is 0 Å². The van der Waals surface area contributed by atoms with Crippen molar-refractivity contribution in [2.24, 2.45) is 22.7 Å². The van der Waals surface area contributed by atoms with E-state index in [1.165, 1.54) is 32.1 Å². The maximum Gasteiger partial charge on any atom is 0.0127 e. The Bertz CT molecular complexity index is 396. The molecule has 2 aliphatic carbocycles. The van der Waals surface area contributed by atoms with Gasteiger partial charge in [-0.3, -0.25) is 0 Å². The van der Waals surface area contributed by atoms with Crippen molar-refractivity contribution in [1.82, 2.24) is 0 Å². The highest BCUT2D eigenvalue weighted by atomic mass is 14.8. The first-order chi connectivity index (χ1) is 8.64. The van der Waals surface area contributed by atoms with Crippen molar-refractivity contribution in [3.8, 4) is 0 Å². The van der Waals surface area contributed by atoms with Gasteiger partial charge in [-0.1, -0.05) is 33.3 Å². The van der Waals surface area contributed by atoms with E-state index in [0.29, 0.717) is 16.7 Å². The van der Waals surface area contributed by atoms with Crippen LogP contribution in [0.25, 0.3) is 0 Å². The van der Waals surface area contributed by atoms with Gasteiger partial charge in [0.15, 0.2) is 0 Å². The van der Waals surface area contributed by atoms with Crippen LogP contribution >= 0.6 is 0 Å². The van der Waals surface area contributed by atoms with Crippen LogP contribution in [0.5, 0.6) is 0 Å². The number of hydrogen-bond acceptors (Lipinski definition) is 0.